The van der Waals surface area contributed by atoms with Crippen LogP contribution < -0.4 is 11.1 Å². The largest absolute Gasteiger partial charge is 0.375 e. The molecule has 0 saturated carbocycles. The fraction of sp³-hybridized carbons (Fsp3) is 0.615. The summed E-state index contributed by atoms with van der Waals surface area (Å²) in [6.07, 6.45) is 9.81. The SMILES string of the molecule is CN1CCC(NC2=CC=CCC2)(C(N)=O)CC1. The van der Waals surface area contributed by atoms with Gasteiger partial charge in [0.2, 0.25) is 5.91 Å². The minimum absolute atomic E-state index is 0.221. The molecular formula is C13H21N3O. The van der Waals surface area contributed by atoms with Gasteiger partial charge >= 0.3 is 0 Å². The number of carbonyl (C=O) groups is 1. The fourth-order valence-corrected chi connectivity index (χ4v) is 2.45. The minimum Gasteiger partial charge on any atom is -0.375 e. The highest BCUT2D eigenvalue weighted by atomic mass is 16.1. The molecule has 1 saturated heterocycles. The van der Waals surface area contributed by atoms with Gasteiger partial charge in [-0.05, 0) is 38.8 Å². The van der Waals surface area contributed by atoms with Crippen molar-refractivity contribution in [3.05, 3.63) is 23.9 Å². The fourth-order valence-electron chi connectivity index (χ4n) is 2.45. The van der Waals surface area contributed by atoms with E-state index in [-0.39, 0.29) is 5.91 Å². The average molecular weight is 235 g/mol. The quantitative estimate of drug-likeness (QED) is 0.759. The van der Waals surface area contributed by atoms with Gasteiger partial charge in [0.1, 0.15) is 5.54 Å². The Hall–Kier alpha value is -1.29. The van der Waals surface area contributed by atoms with Gasteiger partial charge in [0.25, 0.3) is 0 Å². The predicted octanol–water partition coefficient (Wildman–Crippen LogP) is 0.760. The molecule has 4 nitrogen and oxygen atoms in total. The summed E-state index contributed by atoms with van der Waals surface area (Å²) in [6.45, 7) is 1.83. The molecule has 0 aromatic rings. The van der Waals surface area contributed by atoms with Crippen LogP contribution in [0.5, 0.6) is 0 Å². The van der Waals surface area contributed by atoms with Gasteiger partial charge in [-0.25, -0.2) is 0 Å². The monoisotopic (exact) mass is 235 g/mol. The van der Waals surface area contributed by atoms with Crippen LogP contribution in [0.25, 0.3) is 0 Å². The van der Waals surface area contributed by atoms with Crippen LogP contribution in [0.1, 0.15) is 25.7 Å². The Morgan fingerprint density at radius 1 is 1.47 bits per heavy atom. The lowest BCUT2D eigenvalue weighted by Gasteiger charge is -2.40. The maximum atomic E-state index is 11.8. The van der Waals surface area contributed by atoms with Crippen molar-refractivity contribution >= 4 is 5.91 Å². The van der Waals surface area contributed by atoms with E-state index in [2.05, 4.69) is 23.3 Å². The van der Waals surface area contributed by atoms with Gasteiger partial charge in [0, 0.05) is 18.8 Å². The number of nitrogens with two attached hydrogens (primary N) is 1. The van der Waals surface area contributed by atoms with E-state index in [1.807, 2.05) is 12.2 Å². The Kier molecular flexibility index (Phi) is 3.52. The summed E-state index contributed by atoms with van der Waals surface area (Å²) in [5, 5.41) is 3.40. The van der Waals surface area contributed by atoms with Crippen molar-refractivity contribution in [3.8, 4) is 0 Å². The lowest BCUT2D eigenvalue weighted by Crippen LogP contribution is -2.60. The van der Waals surface area contributed by atoms with E-state index in [0.717, 1.165) is 44.5 Å². The summed E-state index contributed by atoms with van der Waals surface area (Å²) in [5.41, 5.74) is 6.20. The molecule has 0 unspecified atom stereocenters. The first-order valence-electron chi connectivity index (χ1n) is 6.25. The summed E-state index contributed by atoms with van der Waals surface area (Å²) in [7, 11) is 2.08. The Morgan fingerprint density at radius 2 is 2.18 bits per heavy atom. The zero-order chi connectivity index (χ0) is 12.3. The van der Waals surface area contributed by atoms with Crippen molar-refractivity contribution in [2.24, 2.45) is 5.73 Å². The normalized spacial score (nSPS) is 24.2. The maximum absolute atomic E-state index is 11.8. The number of rotatable bonds is 3. The Labute approximate surface area is 103 Å². The van der Waals surface area contributed by atoms with E-state index >= 15 is 0 Å². The van der Waals surface area contributed by atoms with E-state index < -0.39 is 5.54 Å². The van der Waals surface area contributed by atoms with Gasteiger partial charge in [-0.2, -0.15) is 0 Å². The molecule has 1 aliphatic heterocycles. The molecular weight excluding hydrogens is 214 g/mol. The summed E-state index contributed by atoms with van der Waals surface area (Å²) in [4.78, 5) is 14.0. The molecule has 2 aliphatic rings. The summed E-state index contributed by atoms with van der Waals surface area (Å²) < 4.78 is 0. The highest BCUT2D eigenvalue weighted by Gasteiger charge is 2.39. The summed E-state index contributed by atoms with van der Waals surface area (Å²) in [5.74, 6) is -0.221. The summed E-state index contributed by atoms with van der Waals surface area (Å²) in [6, 6.07) is 0. The van der Waals surface area contributed by atoms with Crippen molar-refractivity contribution in [1.29, 1.82) is 0 Å². The lowest BCUT2D eigenvalue weighted by atomic mass is 9.86. The molecule has 3 N–H and O–H groups in total. The smallest absolute Gasteiger partial charge is 0.243 e. The van der Waals surface area contributed by atoms with Crippen LogP contribution in [-0.2, 0) is 4.79 Å². The van der Waals surface area contributed by atoms with E-state index in [4.69, 9.17) is 5.73 Å². The van der Waals surface area contributed by atoms with Crippen molar-refractivity contribution in [1.82, 2.24) is 10.2 Å². The molecule has 0 aromatic heterocycles. The molecule has 1 aliphatic carbocycles. The molecule has 17 heavy (non-hydrogen) atoms. The Balaban J connectivity index is 2.09. The number of amides is 1. The number of nitrogens with one attached hydrogen (secondary N) is 1. The maximum Gasteiger partial charge on any atom is 0.243 e. The van der Waals surface area contributed by atoms with Crippen molar-refractivity contribution < 1.29 is 4.79 Å². The molecule has 1 fully saturated rings. The molecule has 0 radical (unpaired) electrons. The zero-order valence-corrected chi connectivity index (χ0v) is 10.4. The Morgan fingerprint density at radius 3 is 2.71 bits per heavy atom. The predicted molar refractivity (Wildman–Crippen MR) is 68.2 cm³/mol. The zero-order valence-electron chi connectivity index (χ0n) is 10.4. The molecule has 0 spiro atoms. The molecule has 2 rings (SSSR count). The van der Waals surface area contributed by atoms with Crippen LogP contribution >= 0.6 is 0 Å². The average Bonchev–Trinajstić information content (AvgIpc) is 2.33. The summed E-state index contributed by atoms with van der Waals surface area (Å²) >= 11 is 0. The number of primary amides is 1. The molecule has 4 heteroatoms. The Bertz CT molecular complexity index is 352. The second-order valence-corrected chi connectivity index (χ2v) is 5.03. The first-order chi connectivity index (χ1) is 8.12. The van der Waals surface area contributed by atoms with Gasteiger partial charge in [-0.15, -0.1) is 0 Å². The molecule has 1 amide bonds. The van der Waals surface area contributed by atoms with Gasteiger partial charge in [-0.1, -0.05) is 12.2 Å². The van der Waals surface area contributed by atoms with Crippen LogP contribution in [0.15, 0.2) is 23.9 Å². The second-order valence-electron chi connectivity index (χ2n) is 5.03. The van der Waals surface area contributed by atoms with E-state index in [1.165, 1.54) is 0 Å². The first-order valence-corrected chi connectivity index (χ1v) is 6.25. The molecule has 0 atom stereocenters. The van der Waals surface area contributed by atoms with E-state index in [1.54, 1.807) is 0 Å². The molecule has 94 valence electrons. The molecule has 0 aromatic carbocycles. The van der Waals surface area contributed by atoms with Crippen molar-refractivity contribution in [2.45, 2.75) is 31.2 Å². The third-order valence-corrected chi connectivity index (χ3v) is 3.73. The third-order valence-electron chi connectivity index (χ3n) is 3.73. The highest BCUT2D eigenvalue weighted by Crippen LogP contribution is 2.24. The van der Waals surface area contributed by atoms with Crippen molar-refractivity contribution in [3.63, 3.8) is 0 Å². The third kappa shape index (κ3) is 2.69. The van der Waals surface area contributed by atoms with E-state index in [0.29, 0.717) is 0 Å². The van der Waals surface area contributed by atoms with Crippen LogP contribution in [-0.4, -0.2) is 36.5 Å². The second kappa shape index (κ2) is 4.92. The number of carbonyl (C=O) groups excluding carboxylic acids is 1. The van der Waals surface area contributed by atoms with Gasteiger partial charge in [-0.3, -0.25) is 4.79 Å². The van der Waals surface area contributed by atoms with Gasteiger partial charge < -0.3 is 16.0 Å². The number of hydrogen-bond donors (Lipinski definition) is 2. The van der Waals surface area contributed by atoms with Crippen LogP contribution in [0, 0.1) is 0 Å². The van der Waals surface area contributed by atoms with Crippen LogP contribution in [0.3, 0.4) is 0 Å². The highest BCUT2D eigenvalue weighted by molar-refractivity contribution is 5.85. The standard InChI is InChI=1S/C13H21N3O/c1-16-9-7-13(8-10-16,12(14)17)15-11-5-3-2-4-6-11/h2-3,5,15H,4,6-10H2,1H3,(H2,14,17). The number of likely N-dealkylation sites (tertiary alicyclic amines) is 1. The lowest BCUT2D eigenvalue weighted by molar-refractivity contribution is -0.125. The topological polar surface area (TPSA) is 58.4 Å². The van der Waals surface area contributed by atoms with Crippen molar-refractivity contribution in [2.75, 3.05) is 20.1 Å². The number of nitrogens with zero attached hydrogens (tertiary/aromatic N) is 1. The van der Waals surface area contributed by atoms with Gasteiger partial charge in [0.05, 0.1) is 0 Å². The first kappa shape index (κ1) is 12.2. The van der Waals surface area contributed by atoms with E-state index in [9.17, 15) is 4.79 Å². The van der Waals surface area contributed by atoms with Crippen LogP contribution in [0.4, 0.5) is 0 Å². The van der Waals surface area contributed by atoms with Gasteiger partial charge in [0.15, 0.2) is 0 Å². The number of piperidine rings is 1. The molecule has 0 bridgehead atoms. The molecule has 1 heterocycles. The number of hydrogen-bond acceptors (Lipinski definition) is 3. The number of allylic oxidation sites excluding steroid dienone is 4. The van der Waals surface area contributed by atoms with Crippen LogP contribution in [0.2, 0.25) is 0 Å². The minimum atomic E-state index is -0.538.